The lowest BCUT2D eigenvalue weighted by molar-refractivity contribution is 0.248. The number of aromatic amines is 2. The van der Waals surface area contributed by atoms with Gasteiger partial charge in [-0.15, -0.1) is 0 Å². The number of nitrogens with one attached hydrogen (secondary N) is 2. The summed E-state index contributed by atoms with van der Waals surface area (Å²) in [6, 6.07) is 5.67. The zero-order chi connectivity index (χ0) is 16.8. The van der Waals surface area contributed by atoms with Crippen molar-refractivity contribution >= 4 is 30.7 Å². The normalized spacial score (nSPS) is 11.3. The van der Waals surface area contributed by atoms with Gasteiger partial charge in [-0.1, -0.05) is 13.8 Å². The Labute approximate surface area is 145 Å². The maximum atomic E-state index is 5.78. The molecule has 0 saturated heterocycles. The first-order valence-electron chi connectivity index (χ1n) is 7.35. The van der Waals surface area contributed by atoms with Crippen LogP contribution in [-0.4, -0.2) is 34.3 Å². The largest absolute Gasteiger partial charge is 0.490 e. The molecular weight excluding hydrogens is 332 g/mol. The molecule has 0 aliphatic rings. The average Bonchev–Trinajstić information content (AvgIpc) is 2.83. The van der Waals surface area contributed by atoms with Crippen LogP contribution in [0.5, 0.6) is 11.5 Å². The average molecular weight is 352 g/mol. The molecule has 0 unspecified atom stereocenters. The molecule has 0 amide bonds. The van der Waals surface area contributed by atoms with Gasteiger partial charge >= 0.3 is 0 Å². The smallest absolute Gasteiger partial charge is 0.215 e. The lowest BCUT2D eigenvalue weighted by Crippen LogP contribution is -2.06. The number of hydrogen-bond donors (Lipinski definition) is 2. The molecule has 1 aromatic carbocycles. The summed E-state index contributed by atoms with van der Waals surface area (Å²) in [7, 11) is 0. The van der Waals surface area contributed by atoms with Crippen molar-refractivity contribution in [2.75, 3.05) is 13.2 Å². The highest BCUT2D eigenvalue weighted by Gasteiger charge is 2.07. The van der Waals surface area contributed by atoms with Gasteiger partial charge in [-0.25, -0.2) is 0 Å². The topological polar surface area (TPSA) is 67.3 Å². The molecule has 0 bridgehead atoms. The fourth-order valence-corrected chi connectivity index (χ4v) is 2.22. The first-order chi connectivity index (χ1) is 11.0. The highest BCUT2D eigenvalue weighted by atomic mass is 32.1. The van der Waals surface area contributed by atoms with Crippen molar-refractivity contribution in [3.63, 3.8) is 0 Å². The van der Waals surface area contributed by atoms with Gasteiger partial charge in [0.05, 0.1) is 19.4 Å². The molecule has 0 aliphatic heterocycles. The van der Waals surface area contributed by atoms with Crippen LogP contribution in [0.25, 0.3) is 0 Å². The van der Waals surface area contributed by atoms with Crippen molar-refractivity contribution in [3.05, 3.63) is 33.3 Å². The Bertz CT molecular complexity index is 762. The molecule has 0 spiro atoms. The highest BCUT2D eigenvalue weighted by molar-refractivity contribution is 7.72. The first kappa shape index (κ1) is 17.4. The second kappa shape index (κ2) is 8.07. The van der Waals surface area contributed by atoms with E-state index in [0.29, 0.717) is 34.4 Å². The fraction of sp³-hybridized carbons (Fsp3) is 0.400. The number of H-pyrrole nitrogens is 2. The van der Waals surface area contributed by atoms with Crippen molar-refractivity contribution < 1.29 is 9.47 Å². The lowest BCUT2D eigenvalue weighted by Gasteiger charge is -2.13. The Hall–Kier alpha value is -1.93. The highest BCUT2D eigenvalue weighted by Crippen LogP contribution is 2.28. The second-order valence-corrected chi connectivity index (χ2v) is 6.03. The van der Waals surface area contributed by atoms with Crippen LogP contribution in [0.2, 0.25) is 0 Å². The monoisotopic (exact) mass is 352 g/mol. The molecule has 0 atom stereocenters. The summed E-state index contributed by atoms with van der Waals surface area (Å²) in [6.45, 7) is 7.34. The van der Waals surface area contributed by atoms with Crippen LogP contribution in [0.15, 0.2) is 23.3 Å². The van der Waals surface area contributed by atoms with E-state index in [1.54, 1.807) is 6.21 Å². The second-order valence-electron chi connectivity index (χ2n) is 5.26. The zero-order valence-corrected chi connectivity index (χ0v) is 15.0. The van der Waals surface area contributed by atoms with Crippen LogP contribution < -0.4 is 9.47 Å². The van der Waals surface area contributed by atoms with E-state index in [2.05, 4.69) is 29.1 Å². The van der Waals surface area contributed by atoms with E-state index in [9.17, 15) is 0 Å². The SMILES string of the molecule is CCOc1cc(/C=N\n2c(=S)[nH][nH]c2=S)ccc1OCC(C)C. The van der Waals surface area contributed by atoms with Crippen molar-refractivity contribution in [3.8, 4) is 11.5 Å². The van der Waals surface area contributed by atoms with Crippen LogP contribution in [-0.2, 0) is 0 Å². The molecule has 23 heavy (non-hydrogen) atoms. The molecular formula is C15H20N4O2S2. The van der Waals surface area contributed by atoms with Gasteiger partial charge in [0.25, 0.3) is 0 Å². The predicted molar refractivity (Wildman–Crippen MR) is 95.7 cm³/mol. The molecule has 124 valence electrons. The van der Waals surface area contributed by atoms with Crippen LogP contribution in [0, 0.1) is 15.5 Å². The van der Waals surface area contributed by atoms with Crippen LogP contribution in [0.4, 0.5) is 0 Å². The quantitative estimate of drug-likeness (QED) is 0.585. The standard InChI is InChI=1S/C15H20N4O2S2/c1-4-20-13-7-11(5-6-12(13)21-9-10(2)3)8-16-19-14(22)17-18-15(19)23/h5-8,10H,4,9H2,1-3H3,(H,17,22)(H,18,23)/b16-8-. The van der Waals surface area contributed by atoms with E-state index in [1.165, 1.54) is 4.68 Å². The molecule has 8 heteroatoms. The summed E-state index contributed by atoms with van der Waals surface area (Å²) in [5.74, 6) is 1.87. The third-order valence-electron chi connectivity index (χ3n) is 2.82. The number of hydrogen-bond acceptors (Lipinski definition) is 5. The van der Waals surface area contributed by atoms with Gasteiger partial charge < -0.3 is 9.47 Å². The molecule has 0 aliphatic carbocycles. The Morgan fingerprint density at radius 3 is 2.48 bits per heavy atom. The summed E-state index contributed by atoms with van der Waals surface area (Å²) in [5.41, 5.74) is 0.864. The van der Waals surface area contributed by atoms with Gasteiger partial charge in [0.15, 0.2) is 11.5 Å². The summed E-state index contributed by atoms with van der Waals surface area (Å²) in [4.78, 5) is 0. The summed E-state index contributed by atoms with van der Waals surface area (Å²) in [5, 5.41) is 9.73. The Balaban J connectivity index is 2.24. The lowest BCUT2D eigenvalue weighted by atomic mass is 10.2. The molecule has 1 aromatic heterocycles. The molecule has 2 N–H and O–H groups in total. The summed E-state index contributed by atoms with van der Waals surface area (Å²) in [6.07, 6.45) is 1.67. The first-order valence-corrected chi connectivity index (χ1v) is 8.16. The number of nitrogens with zero attached hydrogens (tertiary/aromatic N) is 2. The van der Waals surface area contributed by atoms with Gasteiger partial charge in [-0.2, -0.15) is 9.78 Å². The third kappa shape index (κ3) is 4.77. The molecule has 0 fully saturated rings. The van der Waals surface area contributed by atoms with Crippen LogP contribution in [0.3, 0.4) is 0 Å². The summed E-state index contributed by atoms with van der Waals surface area (Å²) >= 11 is 10.2. The van der Waals surface area contributed by atoms with Gasteiger partial charge in [0, 0.05) is 0 Å². The van der Waals surface area contributed by atoms with Crippen molar-refractivity contribution in [1.82, 2.24) is 14.9 Å². The molecule has 2 rings (SSSR count). The third-order valence-corrected chi connectivity index (χ3v) is 3.37. The minimum Gasteiger partial charge on any atom is -0.490 e. The molecule has 1 heterocycles. The molecule has 2 aromatic rings. The van der Waals surface area contributed by atoms with Crippen molar-refractivity contribution in [1.29, 1.82) is 0 Å². The minimum absolute atomic E-state index is 0.410. The number of rotatable bonds is 7. The molecule has 0 saturated carbocycles. The van der Waals surface area contributed by atoms with Gasteiger partial charge in [-0.3, -0.25) is 10.2 Å². The minimum atomic E-state index is 0.410. The van der Waals surface area contributed by atoms with Gasteiger partial charge in [0.2, 0.25) is 9.54 Å². The van der Waals surface area contributed by atoms with E-state index >= 15 is 0 Å². The van der Waals surface area contributed by atoms with Gasteiger partial charge in [-0.05, 0) is 61.0 Å². The fourth-order valence-electron chi connectivity index (χ4n) is 1.78. The van der Waals surface area contributed by atoms with Crippen molar-refractivity contribution in [2.45, 2.75) is 20.8 Å². The molecule has 6 nitrogen and oxygen atoms in total. The molecule has 0 radical (unpaired) electrons. The Kier molecular flexibility index (Phi) is 6.12. The van der Waals surface area contributed by atoms with E-state index in [0.717, 1.165) is 11.3 Å². The van der Waals surface area contributed by atoms with Crippen LogP contribution in [0.1, 0.15) is 26.3 Å². The maximum absolute atomic E-state index is 5.78. The number of ether oxygens (including phenoxy) is 2. The predicted octanol–water partition coefficient (Wildman–Crippen LogP) is 3.92. The number of aromatic nitrogens is 3. The Morgan fingerprint density at radius 2 is 1.87 bits per heavy atom. The van der Waals surface area contributed by atoms with E-state index in [-0.39, 0.29) is 0 Å². The Morgan fingerprint density at radius 1 is 1.17 bits per heavy atom. The maximum Gasteiger partial charge on any atom is 0.215 e. The zero-order valence-electron chi connectivity index (χ0n) is 13.3. The van der Waals surface area contributed by atoms with Gasteiger partial charge in [0.1, 0.15) is 0 Å². The number of benzene rings is 1. The van der Waals surface area contributed by atoms with E-state index in [4.69, 9.17) is 33.9 Å². The van der Waals surface area contributed by atoms with Crippen molar-refractivity contribution in [2.24, 2.45) is 11.0 Å². The van der Waals surface area contributed by atoms with E-state index < -0.39 is 0 Å². The van der Waals surface area contributed by atoms with Crippen LogP contribution >= 0.6 is 24.4 Å². The summed E-state index contributed by atoms with van der Waals surface area (Å²) < 4.78 is 13.7. The van der Waals surface area contributed by atoms with E-state index in [1.807, 2.05) is 25.1 Å².